The van der Waals surface area contributed by atoms with Crippen LogP contribution in [0.1, 0.15) is 25.8 Å². The smallest absolute Gasteiger partial charge is 0.283 e. The molecule has 7 nitrogen and oxygen atoms in total. The molecule has 0 saturated carbocycles. The third-order valence-corrected chi connectivity index (χ3v) is 6.05. The lowest BCUT2D eigenvalue weighted by Gasteiger charge is -2.22. The first kappa shape index (κ1) is 23.9. The number of benzene rings is 2. The Hall–Kier alpha value is -3.23. The Morgan fingerprint density at radius 2 is 1.85 bits per heavy atom. The molecule has 2 heterocycles. The summed E-state index contributed by atoms with van der Waals surface area (Å²) in [7, 11) is 0. The first-order valence-corrected chi connectivity index (χ1v) is 12.0. The number of hydrogen-bond donors (Lipinski definition) is 1. The van der Waals surface area contributed by atoms with Crippen LogP contribution in [0.5, 0.6) is 17.2 Å². The van der Waals surface area contributed by atoms with E-state index in [0.29, 0.717) is 47.9 Å². The number of fused-ring (bicyclic) bond motifs is 1. The monoisotopic (exact) mass is 497 g/mol. The first-order chi connectivity index (χ1) is 16.4. The van der Waals surface area contributed by atoms with Crippen molar-refractivity contribution in [1.82, 2.24) is 4.90 Å². The Kier molecular flexibility index (Phi) is 7.59. The molecule has 0 unspecified atom stereocenters. The van der Waals surface area contributed by atoms with Crippen molar-refractivity contribution in [3.05, 3.63) is 69.7 Å². The van der Waals surface area contributed by atoms with E-state index in [9.17, 15) is 4.79 Å². The standard InChI is InChI=1S/C25H24ClN3O4S/c1-3-31-22-14-17(13-20-23(27)29-15-16(2)34-25(29)28-24(20)30)5-10-21(22)33-12-4-11-32-19-8-6-18(26)7-9-19/h5-10,13-15,27H,3-4,11-12H2,1-2H3/b20-13-,27-23?. The molecule has 0 aliphatic carbocycles. The van der Waals surface area contributed by atoms with Gasteiger partial charge < -0.3 is 14.2 Å². The first-order valence-electron chi connectivity index (χ1n) is 10.8. The molecule has 2 aliphatic heterocycles. The maximum atomic E-state index is 12.5. The van der Waals surface area contributed by atoms with Crippen LogP contribution in [0.2, 0.25) is 5.02 Å². The minimum Gasteiger partial charge on any atom is -0.493 e. The summed E-state index contributed by atoms with van der Waals surface area (Å²) >= 11 is 7.27. The fourth-order valence-electron chi connectivity index (χ4n) is 3.33. The fraction of sp³-hybridized carbons (Fsp3) is 0.240. The number of ether oxygens (including phenoxy) is 3. The van der Waals surface area contributed by atoms with Gasteiger partial charge in [-0.05, 0) is 61.9 Å². The summed E-state index contributed by atoms with van der Waals surface area (Å²) in [6.07, 6.45) is 4.15. The molecule has 0 spiro atoms. The normalized spacial score (nSPS) is 16.3. The summed E-state index contributed by atoms with van der Waals surface area (Å²) < 4.78 is 17.3. The van der Waals surface area contributed by atoms with Crippen LogP contribution in [0, 0.1) is 5.41 Å². The van der Waals surface area contributed by atoms with Crippen molar-refractivity contribution in [3.8, 4) is 17.2 Å². The number of allylic oxidation sites excluding steroid dienone is 1. The van der Waals surface area contributed by atoms with E-state index in [1.165, 1.54) is 11.8 Å². The van der Waals surface area contributed by atoms with Crippen LogP contribution in [0.15, 0.2) is 64.1 Å². The topological polar surface area (TPSA) is 84.2 Å². The second kappa shape index (κ2) is 10.8. The van der Waals surface area contributed by atoms with Gasteiger partial charge in [0.05, 0.1) is 25.4 Å². The lowest BCUT2D eigenvalue weighted by molar-refractivity contribution is -0.114. The molecule has 0 fully saturated rings. The summed E-state index contributed by atoms with van der Waals surface area (Å²) in [4.78, 5) is 19.2. The molecule has 9 heteroatoms. The molecule has 2 aliphatic rings. The van der Waals surface area contributed by atoms with Crippen molar-refractivity contribution in [2.75, 3.05) is 19.8 Å². The Morgan fingerprint density at radius 1 is 1.09 bits per heavy atom. The van der Waals surface area contributed by atoms with Crippen molar-refractivity contribution < 1.29 is 19.0 Å². The van der Waals surface area contributed by atoms with Gasteiger partial charge in [0.15, 0.2) is 16.7 Å². The van der Waals surface area contributed by atoms with Gasteiger partial charge in [-0.25, -0.2) is 0 Å². The predicted octanol–water partition coefficient (Wildman–Crippen LogP) is 5.75. The fourth-order valence-corrected chi connectivity index (χ4v) is 4.28. The number of amides is 1. The third-order valence-electron chi connectivity index (χ3n) is 4.90. The zero-order valence-corrected chi connectivity index (χ0v) is 20.4. The quantitative estimate of drug-likeness (QED) is 0.350. The lowest BCUT2D eigenvalue weighted by atomic mass is 10.1. The van der Waals surface area contributed by atoms with Crippen molar-refractivity contribution >= 4 is 46.3 Å². The van der Waals surface area contributed by atoms with Gasteiger partial charge >= 0.3 is 0 Å². The molecule has 176 valence electrons. The number of nitrogens with zero attached hydrogens (tertiary/aromatic N) is 2. The number of carbonyl (C=O) groups excluding carboxylic acids is 1. The zero-order valence-electron chi connectivity index (χ0n) is 18.8. The Bertz CT molecular complexity index is 1190. The summed E-state index contributed by atoms with van der Waals surface area (Å²) in [5.74, 6) is 1.62. The van der Waals surface area contributed by atoms with Crippen molar-refractivity contribution in [3.63, 3.8) is 0 Å². The van der Waals surface area contributed by atoms with Crippen molar-refractivity contribution in [1.29, 1.82) is 5.41 Å². The van der Waals surface area contributed by atoms with E-state index in [1.54, 1.807) is 35.2 Å². The molecule has 1 amide bonds. The van der Waals surface area contributed by atoms with Gasteiger partial charge in [-0.1, -0.05) is 29.4 Å². The van der Waals surface area contributed by atoms with E-state index in [-0.39, 0.29) is 11.4 Å². The number of rotatable bonds is 9. The van der Waals surface area contributed by atoms with Gasteiger partial charge in [-0.3, -0.25) is 15.1 Å². The van der Waals surface area contributed by atoms with Crippen molar-refractivity contribution in [2.24, 2.45) is 4.99 Å². The highest BCUT2D eigenvalue weighted by Gasteiger charge is 2.32. The molecular weight excluding hydrogens is 474 g/mol. The van der Waals surface area contributed by atoms with Gasteiger partial charge in [-0.15, -0.1) is 0 Å². The van der Waals surface area contributed by atoms with Crippen LogP contribution in [0.3, 0.4) is 0 Å². The molecule has 34 heavy (non-hydrogen) atoms. The number of carbonyl (C=O) groups is 1. The maximum Gasteiger partial charge on any atom is 0.283 e. The summed E-state index contributed by atoms with van der Waals surface area (Å²) in [6.45, 7) is 5.24. The van der Waals surface area contributed by atoms with E-state index in [1.807, 2.05) is 38.2 Å². The van der Waals surface area contributed by atoms with E-state index in [0.717, 1.165) is 16.2 Å². The van der Waals surface area contributed by atoms with Gasteiger partial charge in [0.1, 0.15) is 11.6 Å². The molecule has 0 radical (unpaired) electrons. The number of nitrogens with one attached hydrogen (secondary N) is 1. The second-order valence-corrected chi connectivity index (χ2v) is 9.11. The molecule has 0 bridgehead atoms. The van der Waals surface area contributed by atoms with Crippen LogP contribution in [0.25, 0.3) is 6.08 Å². The van der Waals surface area contributed by atoms with Gasteiger partial charge in [0.25, 0.3) is 5.91 Å². The molecular formula is C25H24ClN3O4S. The summed E-state index contributed by atoms with van der Waals surface area (Å²) in [6, 6.07) is 12.7. The Labute approximate surface area is 207 Å². The molecule has 0 saturated heterocycles. The molecule has 4 rings (SSSR count). The molecule has 2 aromatic carbocycles. The largest absolute Gasteiger partial charge is 0.493 e. The lowest BCUT2D eigenvalue weighted by Crippen LogP contribution is -2.35. The van der Waals surface area contributed by atoms with Gasteiger partial charge in [0.2, 0.25) is 0 Å². The third kappa shape index (κ3) is 5.63. The van der Waals surface area contributed by atoms with E-state index >= 15 is 0 Å². The molecule has 0 atom stereocenters. The summed E-state index contributed by atoms with van der Waals surface area (Å²) in [5.41, 5.74) is 0.951. The van der Waals surface area contributed by atoms with E-state index < -0.39 is 5.91 Å². The summed E-state index contributed by atoms with van der Waals surface area (Å²) in [5, 5.41) is 9.63. The van der Waals surface area contributed by atoms with Gasteiger partial charge in [0, 0.05) is 22.5 Å². The highest BCUT2D eigenvalue weighted by Crippen LogP contribution is 2.34. The van der Waals surface area contributed by atoms with E-state index in [4.69, 9.17) is 31.2 Å². The average molecular weight is 498 g/mol. The number of thioether (sulfide) groups is 1. The average Bonchev–Trinajstić information content (AvgIpc) is 3.19. The highest BCUT2D eigenvalue weighted by molar-refractivity contribution is 8.17. The molecule has 0 aromatic heterocycles. The Morgan fingerprint density at radius 3 is 2.62 bits per heavy atom. The second-order valence-electron chi connectivity index (χ2n) is 7.46. The van der Waals surface area contributed by atoms with Crippen LogP contribution < -0.4 is 14.2 Å². The number of halogens is 1. The maximum absolute atomic E-state index is 12.5. The Balaban J connectivity index is 1.40. The van der Waals surface area contributed by atoms with Crippen LogP contribution in [-0.4, -0.2) is 41.6 Å². The SMILES string of the molecule is CCOc1cc(/C=C2/C(=N)N3C=C(C)SC3=NC2=O)ccc1OCCCOc1ccc(Cl)cc1. The minimum atomic E-state index is -0.425. The van der Waals surface area contributed by atoms with Crippen molar-refractivity contribution in [2.45, 2.75) is 20.3 Å². The van der Waals surface area contributed by atoms with Crippen LogP contribution in [-0.2, 0) is 4.79 Å². The molecule has 2 aromatic rings. The minimum absolute atomic E-state index is 0.110. The van der Waals surface area contributed by atoms with E-state index in [2.05, 4.69) is 4.99 Å². The molecule has 1 N–H and O–H groups in total. The number of hydrogen-bond acceptors (Lipinski definition) is 6. The number of aliphatic imine (C=N–C) groups is 1. The highest BCUT2D eigenvalue weighted by atomic mass is 35.5. The van der Waals surface area contributed by atoms with Crippen LogP contribution >= 0.6 is 23.4 Å². The predicted molar refractivity (Wildman–Crippen MR) is 136 cm³/mol. The zero-order chi connectivity index (χ0) is 24.1. The number of amidine groups is 2. The van der Waals surface area contributed by atoms with Crippen LogP contribution in [0.4, 0.5) is 0 Å². The van der Waals surface area contributed by atoms with Gasteiger partial charge in [-0.2, -0.15) is 4.99 Å².